The lowest BCUT2D eigenvalue weighted by Crippen LogP contribution is -2.49. The summed E-state index contributed by atoms with van der Waals surface area (Å²) in [6.45, 7) is 6.79. The van der Waals surface area contributed by atoms with Crippen LogP contribution >= 0.6 is 0 Å². The number of hydrogen-bond acceptors (Lipinski definition) is 5. The maximum atomic E-state index is 12.6. The van der Waals surface area contributed by atoms with E-state index in [0.29, 0.717) is 32.5 Å². The molecule has 0 radical (unpaired) electrons. The van der Waals surface area contributed by atoms with E-state index in [1.165, 1.54) is 0 Å². The first kappa shape index (κ1) is 20.8. The van der Waals surface area contributed by atoms with Crippen molar-refractivity contribution in [2.45, 2.75) is 25.8 Å². The van der Waals surface area contributed by atoms with Crippen molar-refractivity contribution in [2.75, 3.05) is 52.5 Å². The lowest BCUT2D eigenvalue weighted by atomic mass is 9.96. The molecular formula is C22H31N5O3. The van der Waals surface area contributed by atoms with Crippen molar-refractivity contribution >= 4 is 22.7 Å². The number of amides is 2. The molecule has 8 heteroatoms. The minimum atomic E-state index is -0.113. The zero-order chi connectivity index (χ0) is 20.8. The van der Waals surface area contributed by atoms with E-state index in [1.54, 1.807) is 0 Å². The number of carbonyl (C=O) groups is 2. The van der Waals surface area contributed by atoms with E-state index in [1.807, 2.05) is 27.9 Å². The van der Waals surface area contributed by atoms with Crippen LogP contribution in [-0.2, 0) is 20.9 Å². The fourth-order valence-electron chi connectivity index (χ4n) is 4.22. The average molecular weight is 414 g/mol. The number of rotatable bonds is 8. The Morgan fingerprint density at radius 2 is 2.00 bits per heavy atom. The van der Waals surface area contributed by atoms with Gasteiger partial charge in [-0.05, 0) is 18.9 Å². The maximum absolute atomic E-state index is 12.6. The molecule has 30 heavy (non-hydrogen) atoms. The summed E-state index contributed by atoms with van der Waals surface area (Å²) < 4.78 is 7.35. The monoisotopic (exact) mass is 413 g/mol. The molecule has 3 heterocycles. The minimum absolute atomic E-state index is 0.0594. The molecule has 2 amide bonds. The number of nitrogens with zero attached hydrogens (tertiary/aromatic N) is 4. The van der Waals surface area contributed by atoms with Crippen LogP contribution in [0, 0.1) is 5.92 Å². The van der Waals surface area contributed by atoms with E-state index in [0.717, 1.165) is 56.7 Å². The van der Waals surface area contributed by atoms with E-state index in [-0.39, 0.29) is 17.7 Å². The van der Waals surface area contributed by atoms with Crippen LogP contribution in [-0.4, -0.2) is 83.9 Å². The highest BCUT2D eigenvalue weighted by molar-refractivity contribution is 5.83. The molecule has 2 saturated heterocycles. The minimum Gasteiger partial charge on any atom is -0.379 e. The third-order valence-electron chi connectivity index (χ3n) is 6.06. The molecule has 8 nitrogen and oxygen atoms in total. The Morgan fingerprint density at radius 3 is 2.87 bits per heavy atom. The molecule has 1 atom stereocenters. The number of aryl methyl sites for hydroxylation is 1. The van der Waals surface area contributed by atoms with Gasteiger partial charge < -0.3 is 15.0 Å². The van der Waals surface area contributed by atoms with Gasteiger partial charge in [-0.15, -0.1) is 0 Å². The van der Waals surface area contributed by atoms with Crippen molar-refractivity contribution in [3.8, 4) is 0 Å². The molecule has 1 N–H and O–H groups in total. The molecule has 0 aliphatic carbocycles. The van der Waals surface area contributed by atoms with Crippen LogP contribution in [0.25, 0.3) is 10.9 Å². The van der Waals surface area contributed by atoms with Gasteiger partial charge >= 0.3 is 0 Å². The van der Waals surface area contributed by atoms with Crippen LogP contribution in [0.15, 0.2) is 30.5 Å². The van der Waals surface area contributed by atoms with Crippen LogP contribution in [0.2, 0.25) is 0 Å². The number of benzene rings is 1. The van der Waals surface area contributed by atoms with E-state index in [4.69, 9.17) is 4.74 Å². The largest absolute Gasteiger partial charge is 0.379 e. The fourth-order valence-corrected chi connectivity index (χ4v) is 4.22. The number of nitrogens with one attached hydrogen (secondary N) is 1. The van der Waals surface area contributed by atoms with Crippen molar-refractivity contribution in [1.82, 2.24) is 24.9 Å². The summed E-state index contributed by atoms with van der Waals surface area (Å²) in [7, 11) is 0. The number of likely N-dealkylation sites (tertiary alicyclic amines) is 1. The van der Waals surface area contributed by atoms with Gasteiger partial charge in [-0.2, -0.15) is 5.10 Å². The number of aromatic nitrogens is 2. The molecule has 1 aromatic heterocycles. The standard InChI is InChI=1S/C22H31N5O3/c28-21-7-6-19(17-26(21)11-10-25-12-14-30-15-13-25)22(29)23-8-3-9-27-20-5-2-1-4-18(20)16-24-27/h1-2,4-5,16,19H,3,6-15,17H2,(H,23,29)/t19-/m0/s1. The second-order valence-electron chi connectivity index (χ2n) is 8.10. The van der Waals surface area contributed by atoms with Crippen LogP contribution in [0.4, 0.5) is 0 Å². The number of piperidine rings is 1. The number of ether oxygens (including phenoxy) is 1. The summed E-state index contributed by atoms with van der Waals surface area (Å²) >= 11 is 0. The van der Waals surface area contributed by atoms with Gasteiger partial charge in [-0.1, -0.05) is 18.2 Å². The average Bonchev–Trinajstić information content (AvgIpc) is 3.20. The molecule has 0 saturated carbocycles. The third kappa shape index (κ3) is 5.17. The van der Waals surface area contributed by atoms with Crippen LogP contribution in [0.5, 0.6) is 0 Å². The van der Waals surface area contributed by atoms with Gasteiger partial charge in [0.15, 0.2) is 0 Å². The summed E-state index contributed by atoms with van der Waals surface area (Å²) in [6.07, 6.45) is 3.80. The topological polar surface area (TPSA) is 79.7 Å². The summed E-state index contributed by atoms with van der Waals surface area (Å²) in [6, 6.07) is 8.13. The van der Waals surface area contributed by atoms with Crippen molar-refractivity contribution in [2.24, 2.45) is 5.92 Å². The molecule has 162 valence electrons. The van der Waals surface area contributed by atoms with Gasteiger partial charge in [0.25, 0.3) is 0 Å². The lowest BCUT2D eigenvalue weighted by Gasteiger charge is -2.34. The number of hydrogen-bond donors (Lipinski definition) is 1. The van der Waals surface area contributed by atoms with Crippen molar-refractivity contribution in [1.29, 1.82) is 0 Å². The first-order valence-corrected chi connectivity index (χ1v) is 11.0. The van der Waals surface area contributed by atoms with Gasteiger partial charge in [0.05, 0.1) is 30.8 Å². The molecular weight excluding hydrogens is 382 g/mol. The Morgan fingerprint density at radius 1 is 1.17 bits per heavy atom. The molecule has 0 unspecified atom stereocenters. The Kier molecular flexibility index (Phi) is 6.96. The zero-order valence-electron chi connectivity index (χ0n) is 17.5. The second-order valence-corrected chi connectivity index (χ2v) is 8.10. The van der Waals surface area contributed by atoms with Gasteiger partial charge in [-0.3, -0.25) is 19.2 Å². The fraction of sp³-hybridized carbons (Fsp3) is 0.591. The zero-order valence-corrected chi connectivity index (χ0v) is 17.5. The Bertz CT molecular complexity index is 861. The highest BCUT2D eigenvalue weighted by Crippen LogP contribution is 2.18. The predicted molar refractivity (Wildman–Crippen MR) is 114 cm³/mol. The molecule has 1 aromatic carbocycles. The van der Waals surface area contributed by atoms with Crippen LogP contribution in [0.1, 0.15) is 19.3 Å². The van der Waals surface area contributed by atoms with Crippen molar-refractivity contribution in [3.63, 3.8) is 0 Å². The molecule has 0 bridgehead atoms. The number of para-hydroxylation sites is 1. The van der Waals surface area contributed by atoms with E-state index in [9.17, 15) is 9.59 Å². The molecule has 0 spiro atoms. The predicted octanol–water partition coefficient (Wildman–Crippen LogP) is 1.11. The van der Waals surface area contributed by atoms with Crippen LogP contribution in [0.3, 0.4) is 0 Å². The van der Waals surface area contributed by atoms with Crippen molar-refractivity contribution in [3.05, 3.63) is 30.5 Å². The second kappa shape index (κ2) is 10.0. The van der Waals surface area contributed by atoms with Gasteiger partial charge in [-0.25, -0.2) is 0 Å². The quantitative estimate of drug-likeness (QED) is 0.656. The summed E-state index contributed by atoms with van der Waals surface area (Å²) in [5, 5.41) is 8.62. The number of carbonyl (C=O) groups excluding carboxylic acids is 2. The van der Waals surface area contributed by atoms with Gasteiger partial charge in [0.2, 0.25) is 11.8 Å². The van der Waals surface area contributed by atoms with E-state index in [2.05, 4.69) is 27.4 Å². The smallest absolute Gasteiger partial charge is 0.224 e. The summed E-state index contributed by atoms with van der Waals surface area (Å²) in [5.41, 5.74) is 1.12. The van der Waals surface area contributed by atoms with Gasteiger partial charge in [0.1, 0.15) is 0 Å². The summed E-state index contributed by atoms with van der Waals surface area (Å²) in [4.78, 5) is 29.1. The Balaban J connectivity index is 1.19. The molecule has 2 aliphatic heterocycles. The first-order valence-electron chi connectivity index (χ1n) is 11.0. The highest BCUT2D eigenvalue weighted by Gasteiger charge is 2.30. The lowest BCUT2D eigenvalue weighted by molar-refractivity contribution is -0.138. The third-order valence-corrected chi connectivity index (χ3v) is 6.06. The molecule has 4 rings (SSSR count). The van der Waals surface area contributed by atoms with Crippen molar-refractivity contribution < 1.29 is 14.3 Å². The normalized spacial score (nSPS) is 20.6. The van der Waals surface area contributed by atoms with Gasteiger partial charge in [0, 0.05) is 57.6 Å². The van der Waals surface area contributed by atoms with E-state index < -0.39 is 0 Å². The molecule has 2 aromatic rings. The number of morpholine rings is 1. The Labute approximate surface area is 177 Å². The first-order chi connectivity index (χ1) is 14.7. The molecule has 2 fully saturated rings. The highest BCUT2D eigenvalue weighted by atomic mass is 16.5. The summed E-state index contributed by atoms with van der Waals surface area (Å²) in [5.74, 6) is 0.111. The number of fused-ring (bicyclic) bond motifs is 1. The molecule has 2 aliphatic rings. The maximum Gasteiger partial charge on any atom is 0.224 e. The van der Waals surface area contributed by atoms with E-state index >= 15 is 0 Å². The SMILES string of the molecule is O=C(NCCCn1ncc2ccccc21)[C@H]1CCC(=O)N(CCN2CCOCC2)C1. The van der Waals surface area contributed by atoms with Crippen LogP contribution < -0.4 is 5.32 Å². The Hall–Kier alpha value is -2.45.